The first-order valence-electron chi connectivity index (χ1n) is 5.85. The molecule has 2 aromatic carbocycles. The minimum Gasteiger partial charge on any atom is -0.280 e. The lowest BCUT2D eigenvalue weighted by molar-refractivity contribution is 0.600. The van der Waals surface area contributed by atoms with Crippen molar-refractivity contribution < 1.29 is 12.8 Å². The van der Waals surface area contributed by atoms with Gasteiger partial charge < -0.3 is 0 Å². The molecule has 0 heterocycles. The van der Waals surface area contributed by atoms with Gasteiger partial charge in [0.1, 0.15) is 5.82 Å². The zero-order valence-electron chi connectivity index (χ0n) is 10.9. The molecule has 1 N–H and O–H groups in total. The molecule has 0 aliphatic heterocycles. The summed E-state index contributed by atoms with van der Waals surface area (Å²) >= 11 is 5.63. The van der Waals surface area contributed by atoms with Crippen LogP contribution in [0.5, 0.6) is 0 Å². The lowest BCUT2D eigenvalue weighted by Gasteiger charge is -2.11. The van der Waals surface area contributed by atoms with E-state index in [1.165, 1.54) is 18.2 Å². The van der Waals surface area contributed by atoms with Crippen molar-refractivity contribution in [2.45, 2.75) is 18.7 Å². The summed E-state index contributed by atoms with van der Waals surface area (Å²) in [6.07, 6.45) is 0. The van der Waals surface area contributed by atoms with Gasteiger partial charge >= 0.3 is 0 Å². The SMILES string of the molecule is Cc1ccc(S(=O)(=O)Nc2ccc(F)c(Cl)c2)c(C)c1. The molecule has 0 aromatic heterocycles. The number of benzene rings is 2. The lowest BCUT2D eigenvalue weighted by Crippen LogP contribution is -2.14. The molecule has 0 amide bonds. The van der Waals surface area contributed by atoms with Crippen molar-refractivity contribution in [1.29, 1.82) is 0 Å². The number of hydrogen-bond donors (Lipinski definition) is 1. The third kappa shape index (κ3) is 3.11. The second-order valence-corrected chi connectivity index (χ2v) is 6.56. The molecule has 0 fully saturated rings. The van der Waals surface area contributed by atoms with Crippen LogP contribution in [-0.4, -0.2) is 8.42 Å². The highest BCUT2D eigenvalue weighted by Gasteiger charge is 2.17. The summed E-state index contributed by atoms with van der Waals surface area (Å²) in [4.78, 5) is 0.184. The van der Waals surface area contributed by atoms with Gasteiger partial charge in [0.05, 0.1) is 15.6 Å². The van der Waals surface area contributed by atoms with Gasteiger partial charge in [-0.25, -0.2) is 12.8 Å². The van der Waals surface area contributed by atoms with Crippen LogP contribution in [0.15, 0.2) is 41.3 Å². The Bertz CT molecular complexity index is 760. The Kier molecular flexibility index (Phi) is 4.01. The highest BCUT2D eigenvalue weighted by molar-refractivity contribution is 7.92. The summed E-state index contributed by atoms with van der Waals surface area (Å²) < 4.78 is 40.0. The maximum absolute atomic E-state index is 13.1. The minimum absolute atomic E-state index is 0.133. The maximum atomic E-state index is 13.1. The molecule has 0 spiro atoms. The van der Waals surface area contributed by atoms with Crippen LogP contribution in [0.25, 0.3) is 0 Å². The van der Waals surface area contributed by atoms with Gasteiger partial charge in [0.15, 0.2) is 0 Å². The molecule has 6 heteroatoms. The van der Waals surface area contributed by atoms with Gasteiger partial charge in [0, 0.05) is 0 Å². The van der Waals surface area contributed by atoms with E-state index < -0.39 is 15.8 Å². The van der Waals surface area contributed by atoms with Gasteiger partial charge in [-0.05, 0) is 43.7 Å². The van der Waals surface area contributed by atoms with Crippen molar-refractivity contribution in [1.82, 2.24) is 0 Å². The number of rotatable bonds is 3. The third-order valence-corrected chi connectivity index (χ3v) is 4.62. The number of sulfonamides is 1. The van der Waals surface area contributed by atoms with E-state index in [1.807, 2.05) is 6.92 Å². The molecule has 106 valence electrons. The van der Waals surface area contributed by atoms with Crippen LogP contribution >= 0.6 is 11.6 Å². The van der Waals surface area contributed by atoms with Crippen LogP contribution in [-0.2, 0) is 10.0 Å². The van der Waals surface area contributed by atoms with E-state index in [-0.39, 0.29) is 15.6 Å². The zero-order chi connectivity index (χ0) is 14.9. The molecule has 0 bridgehead atoms. The third-order valence-electron chi connectivity index (χ3n) is 2.79. The van der Waals surface area contributed by atoms with E-state index in [0.717, 1.165) is 11.6 Å². The molecule has 0 aliphatic rings. The lowest BCUT2D eigenvalue weighted by atomic mass is 10.2. The predicted molar refractivity (Wildman–Crippen MR) is 78.1 cm³/mol. The Morgan fingerprint density at radius 2 is 1.80 bits per heavy atom. The van der Waals surface area contributed by atoms with Crippen molar-refractivity contribution in [2.75, 3.05) is 4.72 Å². The fraction of sp³-hybridized carbons (Fsp3) is 0.143. The molecule has 0 aliphatic carbocycles. The fourth-order valence-corrected chi connectivity index (χ4v) is 3.33. The van der Waals surface area contributed by atoms with Crippen molar-refractivity contribution in [3.8, 4) is 0 Å². The van der Waals surface area contributed by atoms with Crippen molar-refractivity contribution in [3.63, 3.8) is 0 Å². The number of halogens is 2. The average Bonchev–Trinajstić information content (AvgIpc) is 2.33. The predicted octanol–water partition coefficient (Wildman–Crippen LogP) is 3.90. The molecule has 0 saturated heterocycles. The van der Waals surface area contributed by atoms with Crippen LogP contribution in [0.2, 0.25) is 5.02 Å². The number of aryl methyl sites for hydroxylation is 2. The summed E-state index contributed by atoms with van der Waals surface area (Å²) in [5.41, 5.74) is 1.84. The molecule has 3 nitrogen and oxygen atoms in total. The summed E-state index contributed by atoms with van der Waals surface area (Å²) in [7, 11) is -3.72. The Hall–Kier alpha value is -1.59. The van der Waals surface area contributed by atoms with E-state index in [2.05, 4.69) is 4.72 Å². The first-order chi connectivity index (χ1) is 9.29. The molecule has 0 unspecified atom stereocenters. The second-order valence-electron chi connectivity index (χ2n) is 4.50. The van der Waals surface area contributed by atoms with Crippen LogP contribution in [0.3, 0.4) is 0 Å². The Morgan fingerprint density at radius 1 is 1.10 bits per heavy atom. The molecule has 20 heavy (non-hydrogen) atoms. The summed E-state index contributed by atoms with van der Waals surface area (Å²) in [5.74, 6) is -0.596. The molecule has 0 atom stereocenters. The van der Waals surface area contributed by atoms with Crippen molar-refractivity contribution in [2.24, 2.45) is 0 Å². The smallest absolute Gasteiger partial charge is 0.262 e. The molecule has 2 rings (SSSR count). The minimum atomic E-state index is -3.72. The highest BCUT2D eigenvalue weighted by atomic mass is 35.5. The summed E-state index contributed by atoms with van der Waals surface area (Å²) in [6.45, 7) is 3.61. The van der Waals surface area contributed by atoms with Crippen LogP contribution in [0.1, 0.15) is 11.1 Å². The van der Waals surface area contributed by atoms with E-state index in [4.69, 9.17) is 11.6 Å². The number of hydrogen-bond acceptors (Lipinski definition) is 2. The van der Waals surface area contributed by atoms with E-state index >= 15 is 0 Å². The Labute approximate surface area is 122 Å². The highest BCUT2D eigenvalue weighted by Crippen LogP contribution is 2.23. The summed E-state index contributed by atoms with van der Waals surface area (Å²) in [6, 6.07) is 8.71. The molecular weight excluding hydrogens is 301 g/mol. The maximum Gasteiger partial charge on any atom is 0.262 e. The van der Waals surface area contributed by atoms with Gasteiger partial charge in [-0.3, -0.25) is 4.72 Å². The van der Waals surface area contributed by atoms with Crippen LogP contribution in [0.4, 0.5) is 10.1 Å². The number of anilines is 1. The molecule has 0 radical (unpaired) electrons. The quantitative estimate of drug-likeness (QED) is 0.934. The Morgan fingerprint density at radius 3 is 2.40 bits per heavy atom. The Balaban J connectivity index is 2.38. The second kappa shape index (κ2) is 5.42. The zero-order valence-corrected chi connectivity index (χ0v) is 12.5. The van der Waals surface area contributed by atoms with Crippen LogP contribution in [0, 0.1) is 19.7 Å². The van der Waals surface area contributed by atoms with E-state index in [1.54, 1.807) is 19.1 Å². The summed E-state index contributed by atoms with van der Waals surface area (Å²) in [5, 5.41) is -0.133. The molecule has 0 saturated carbocycles. The van der Waals surface area contributed by atoms with Gasteiger partial charge in [-0.15, -0.1) is 0 Å². The topological polar surface area (TPSA) is 46.2 Å². The average molecular weight is 314 g/mol. The molecule has 2 aromatic rings. The monoisotopic (exact) mass is 313 g/mol. The largest absolute Gasteiger partial charge is 0.280 e. The van der Waals surface area contributed by atoms with Gasteiger partial charge in [-0.2, -0.15) is 0 Å². The first kappa shape index (κ1) is 14.8. The van der Waals surface area contributed by atoms with Crippen LogP contribution < -0.4 is 4.72 Å². The number of nitrogens with one attached hydrogen (secondary N) is 1. The van der Waals surface area contributed by atoms with Crippen molar-refractivity contribution in [3.05, 3.63) is 58.4 Å². The normalized spacial score (nSPS) is 11.4. The standard InChI is InChI=1S/C14H13ClFNO2S/c1-9-3-6-14(10(2)7-9)20(18,19)17-11-4-5-13(16)12(15)8-11/h3-8,17H,1-2H3. The van der Waals surface area contributed by atoms with E-state index in [0.29, 0.717) is 5.56 Å². The van der Waals surface area contributed by atoms with Gasteiger partial charge in [0.25, 0.3) is 10.0 Å². The van der Waals surface area contributed by atoms with Crippen molar-refractivity contribution >= 4 is 27.3 Å². The first-order valence-corrected chi connectivity index (χ1v) is 7.71. The molecular formula is C14H13ClFNO2S. The fourth-order valence-electron chi connectivity index (χ4n) is 1.87. The van der Waals surface area contributed by atoms with Gasteiger partial charge in [0.2, 0.25) is 0 Å². The van der Waals surface area contributed by atoms with Gasteiger partial charge in [-0.1, -0.05) is 29.3 Å². The van der Waals surface area contributed by atoms with E-state index in [9.17, 15) is 12.8 Å².